The van der Waals surface area contributed by atoms with Gasteiger partial charge in [-0.15, -0.1) is 0 Å². The van der Waals surface area contributed by atoms with E-state index in [4.69, 9.17) is 0 Å². The number of thiol groups is 1. The van der Waals surface area contributed by atoms with Gasteiger partial charge in [0.2, 0.25) is 0 Å². The third-order valence-corrected chi connectivity index (χ3v) is 0.671. The van der Waals surface area contributed by atoms with E-state index < -0.39 is 0 Å². The highest BCUT2D eigenvalue weighted by Gasteiger charge is 1.57. The maximum absolute atomic E-state index is 3.92. The highest BCUT2D eigenvalue weighted by atomic mass is 32.1. The smallest absolute Gasteiger partial charge is 0.0101 e. The van der Waals surface area contributed by atoms with E-state index in [-0.39, 0.29) is 5.48 Å². The molecule has 0 atom stereocenters. The van der Waals surface area contributed by atoms with E-state index in [9.17, 15) is 0 Å². The van der Waals surface area contributed by atoms with Crippen LogP contribution < -0.4 is 0 Å². The van der Waals surface area contributed by atoms with Crippen LogP contribution >= 0.6 is 12.6 Å². The first-order chi connectivity index (χ1) is 1.91. The van der Waals surface area contributed by atoms with Crippen molar-refractivity contribution in [2.24, 2.45) is 0 Å². The molecule has 0 aromatic rings. The van der Waals surface area contributed by atoms with Crippen LogP contribution in [-0.4, -0.2) is 11.2 Å². The van der Waals surface area contributed by atoms with Crippen LogP contribution in [0.15, 0.2) is 0 Å². The van der Waals surface area contributed by atoms with Gasteiger partial charge in [0.15, 0.2) is 0 Å². The van der Waals surface area contributed by atoms with E-state index in [0.717, 1.165) is 5.75 Å². The van der Waals surface area contributed by atoms with Crippen LogP contribution in [0.5, 0.6) is 0 Å². The first-order valence-electron chi connectivity index (χ1n) is 1.52. The molecule has 0 aliphatic heterocycles. The molecule has 0 rings (SSSR count). The van der Waals surface area contributed by atoms with Crippen molar-refractivity contribution < 1.29 is 5.48 Å². The SMILES string of the molecule is CCCS.O. The largest absolute Gasteiger partial charge is 0.412 e. The molecule has 0 aromatic carbocycles. The molecule has 1 nitrogen and oxygen atoms in total. The van der Waals surface area contributed by atoms with Gasteiger partial charge in [-0.05, 0) is 12.2 Å². The van der Waals surface area contributed by atoms with Crippen molar-refractivity contribution in [1.82, 2.24) is 0 Å². The summed E-state index contributed by atoms with van der Waals surface area (Å²) in [5.74, 6) is 1.01. The lowest BCUT2D eigenvalue weighted by Gasteiger charge is -1.67. The van der Waals surface area contributed by atoms with Crippen molar-refractivity contribution in [2.75, 3.05) is 5.75 Å². The fraction of sp³-hybridized carbons (Fsp3) is 1.00. The second-order valence-electron chi connectivity index (χ2n) is 0.724. The molecule has 0 heterocycles. The van der Waals surface area contributed by atoms with E-state index in [1.54, 1.807) is 0 Å². The molecule has 0 radical (unpaired) electrons. The predicted molar refractivity (Wildman–Crippen MR) is 27.8 cm³/mol. The Hall–Kier alpha value is 0.310. The molecule has 2 N–H and O–H groups in total. The minimum atomic E-state index is 0. The standard InChI is InChI=1S/C3H8S.H2O/c1-2-3-4;/h4H,2-3H2,1H3;1H2. The Labute approximate surface area is 38.1 Å². The zero-order valence-corrected chi connectivity index (χ0v) is 4.26. The van der Waals surface area contributed by atoms with Gasteiger partial charge in [-0.3, -0.25) is 0 Å². The Kier molecular flexibility index (Phi) is 15.9. The molecule has 0 spiro atoms. The highest BCUT2D eigenvalue weighted by Crippen LogP contribution is 1.74. The molecule has 5 heavy (non-hydrogen) atoms. The van der Waals surface area contributed by atoms with Crippen LogP contribution in [0.2, 0.25) is 0 Å². The topological polar surface area (TPSA) is 31.5 Å². The molecule has 0 fully saturated rings. The fourth-order valence-corrected chi connectivity index (χ4v) is 0. The minimum absolute atomic E-state index is 0. The van der Waals surface area contributed by atoms with Gasteiger partial charge in [-0.25, -0.2) is 0 Å². The molecular weight excluding hydrogens is 84.1 g/mol. The number of hydrogen-bond acceptors (Lipinski definition) is 1. The van der Waals surface area contributed by atoms with Crippen LogP contribution in [0.4, 0.5) is 0 Å². The van der Waals surface area contributed by atoms with Crippen LogP contribution in [0, 0.1) is 0 Å². The van der Waals surface area contributed by atoms with Gasteiger partial charge < -0.3 is 5.48 Å². The molecule has 0 saturated carbocycles. The monoisotopic (exact) mass is 94.0 g/mol. The summed E-state index contributed by atoms with van der Waals surface area (Å²) >= 11 is 3.92. The third-order valence-electron chi connectivity index (χ3n) is 0.224. The Morgan fingerprint density at radius 3 is 1.80 bits per heavy atom. The maximum atomic E-state index is 3.92. The summed E-state index contributed by atoms with van der Waals surface area (Å²) in [5.41, 5.74) is 0. The van der Waals surface area contributed by atoms with Gasteiger partial charge in [0.1, 0.15) is 0 Å². The molecule has 2 heteroatoms. The van der Waals surface area contributed by atoms with Gasteiger partial charge in [0, 0.05) is 0 Å². The van der Waals surface area contributed by atoms with E-state index in [0.29, 0.717) is 0 Å². The molecular formula is C3H10OS. The van der Waals surface area contributed by atoms with Crippen molar-refractivity contribution in [3.8, 4) is 0 Å². The Bertz CT molecular complexity index is 8.85. The van der Waals surface area contributed by atoms with Crippen LogP contribution in [-0.2, 0) is 0 Å². The van der Waals surface area contributed by atoms with E-state index in [2.05, 4.69) is 19.6 Å². The van der Waals surface area contributed by atoms with Crippen LogP contribution in [0.3, 0.4) is 0 Å². The van der Waals surface area contributed by atoms with Crippen molar-refractivity contribution in [3.63, 3.8) is 0 Å². The lowest BCUT2D eigenvalue weighted by atomic mass is 10.6. The Balaban J connectivity index is 0. The third kappa shape index (κ3) is 13.4. The van der Waals surface area contributed by atoms with Crippen molar-refractivity contribution in [1.29, 1.82) is 0 Å². The lowest BCUT2D eigenvalue weighted by molar-refractivity contribution is 0.824. The zero-order valence-electron chi connectivity index (χ0n) is 3.36. The summed E-state index contributed by atoms with van der Waals surface area (Å²) in [7, 11) is 0. The molecule has 0 aliphatic rings. The van der Waals surface area contributed by atoms with E-state index in [1.165, 1.54) is 6.42 Å². The summed E-state index contributed by atoms with van der Waals surface area (Å²) in [4.78, 5) is 0. The van der Waals surface area contributed by atoms with Gasteiger partial charge >= 0.3 is 0 Å². The summed E-state index contributed by atoms with van der Waals surface area (Å²) in [5, 5.41) is 0. The van der Waals surface area contributed by atoms with Crippen molar-refractivity contribution >= 4 is 12.6 Å². The molecule has 0 saturated heterocycles. The van der Waals surface area contributed by atoms with E-state index >= 15 is 0 Å². The van der Waals surface area contributed by atoms with Crippen LogP contribution in [0.25, 0.3) is 0 Å². The normalized spacial score (nSPS) is 6.00. The Morgan fingerprint density at radius 2 is 1.80 bits per heavy atom. The van der Waals surface area contributed by atoms with Gasteiger partial charge in [0.25, 0.3) is 0 Å². The van der Waals surface area contributed by atoms with Gasteiger partial charge in [0.05, 0.1) is 0 Å². The lowest BCUT2D eigenvalue weighted by Crippen LogP contribution is -1.56. The highest BCUT2D eigenvalue weighted by molar-refractivity contribution is 7.80. The second kappa shape index (κ2) is 8.85. The fourth-order valence-electron chi connectivity index (χ4n) is 0. The van der Waals surface area contributed by atoms with Gasteiger partial charge in [-0.1, -0.05) is 6.92 Å². The molecule has 34 valence electrons. The first-order valence-corrected chi connectivity index (χ1v) is 2.16. The quantitative estimate of drug-likeness (QED) is 0.459. The predicted octanol–water partition coefficient (Wildman–Crippen LogP) is 0.501. The minimum Gasteiger partial charge on any atom is -0.412 e. The molecule has 0 unspecified atom stereocenters. The van der Waals surface area contributed by atoms with Gasteiger partial charge in [-0.2, -0.15) is 12.6 Å². The first kappa shape index (κ1) is 9.00. The summed E-state index contributed by atoms with van der Waals surface area (Å²) in [6, 6.07) is 0. The molecule has 0 aromatic heterocycles. The second-order valence-corrected chi connectivity index (χ2v) is 1.17. The maximum Gasteiger partial charge on any atom is -0.0101 e. The zero-order chi connectivity index (χ0) is 3.41. The summed E-state index contributed by atoms with van der Waals surface area (Å²) in [6.45, 7) is 2.10. The molecule has 0 amide bonds. The van der Waals surface area contributed by atoms with Crippen molar-refractivity contribution in [3.05, 3.63) is 0 Å². The van der Waals surface area contributed by atoms with Crippen molar-refractivity contribution in [2.45, 2.75) is 13.3 Å². The summed E-state index contributed by atoms with van der Waals surface area (Å²) in [6.07, 6.45) is 1.18. The van der Waals surface area contributed by atoms with Crippen LogP contribution in [0.1, 0.15) is 13.3 Å². The number of rotatable bonds is 1. The van der Waals surface area contributed by atoms with E-state index in [1.807, 2.05) is 0 Å². The Morgan fingerprint density at radius 1 is 1.60 bits per heavy atom. The summed E-state index contributed by atoms with van der Waals surface area (Å²) < 4.78 is 0. The molecule has 0 bridgehead atoms. The average molecular weight is 94.2 g/mol. The average Bonchev–Trinajstić information content (AvgIpc) is 1.37. The molecule has 0 aliphatic carbocycles. The number of hydrogen-bond donors (Lipinski definition) is 1.